The van der Waals surface area contributed by atoms with Crippen LogP contribution in [0.4, 0.5) is 0 Å². The lowest BCUT2D eigenvalue weighted by Gasteiger charge is -2.29. The Labute approximate surface area is 158 Å². The first kappa shape index (κ1) is 16.4. The molecule has 1 amide bonds. The molecule has 2 bridgehead atoms. The molecule has 0 radical (unpaired) electrons. The molecule has 3 aliphatic rings. The van der Waals surface area contributed by atoms with Crippen LogP contribution in [-0.2, 0) is 6.54 Å². The standard InChI is InChI=1S/C22H22N2O3/c25-22(18-5-6-20-21(10-18)27-14-26-20)24(12-16-2-1-7-23-11-16)13-19-9-15-3-4-17(19)8-15/h1-7,10-11,15,17,19H,8-9,12-14H2/t15-,17-,19-/m0/s1. The number of nitrogens with zero attached hydrogens (tertiary/aromatic N) is 2. The van der Waals surface area contributed by atoms with E-state index in [0.29, 0.717) is 41.4 Å². The van der Waals surface area contributed by atoms with Crippen LogP contribution in [0.2, 0.25) is 0 Å². The maximum absolute atomic E-state index is 13.3. The van der Waals surface area contributed by atoms with Gasteiger partial charge in [-0.05, 0) is 60.4 Å². The van der Waals surface area contributed by atoms with E-state index < -0.39 is 0 Å². The summed E-state index contributed by atoms with van der Waals surface area (Å²) in [6.45, 7) is 1.55. The van der Waals surface area contributed by atoms with Gasteiger partial charge in [0.25, 0.3) is 5.91 Å². The van der Waals surface area contributed by atoms with Gasteiger partial charge in [-0.1, -0.05) is 18.2 Å². The van der Waals surface area contributed by atoms with Gasteiger partial charge in [0.05, 0.1) is 0 Å². The highest BCUT2D eigenvalue weighted by Gasteiger charge is 2.37. The molecule has 5 rings (SSSR count). The topological polar surface area (TPSA) is 51.7 Å². The van der Waals surface area contributed by atoms with Crippen LogP contribution in [0.15, 0.2) is 54.9 Å². The zero-order valence-corrected chi connectivity index (χ0v) is 15.1. The molecule has 5 heteroatoms. The number of hydrogen-bond acceptors (Lipinski definition) is 4. The van der Waals surface area contributed by atoms with E-state index >= 15 is 0 Å². The molecule has 2 aliphatic carbocycles. The predicted octanol–water partition coefficient (Wildman–Crippen LogP) is 3.66. The van der Waals surface area contributed by atoms with Crippen LogP contribution in [0.5, 0.6) is 11.5 Å². The number of ether oxygens (including phenoxy) is 2. The van der Waals surface area contributed by atoms with Gasteiger partial charge in [0.1, 0.15) is 0 Å². The Balaban J connectivity index is 1.40. The molecule has 0 unspecified atom stereocenters. The monoisotopic (exact) mass is 362 g/mol. The average molecular weight is 362 g/mol. The Bertz CT molecular complexity index is 880. The molecule has 5 nitrogen and oxygen atoms in total. The number of rotatable bonds is 5. The third-order valence-corrected chi connectivity index (χ3v) is 5.87. The molecule has 0 spiro atoms. The second-order valence-electron chi connectivity index (χ2n) is 7.66. The van der Waals surface area contributed by atoms with Crippen molar-refractivity contribution in [1.29, 1.82) is 0 Å². The number of carbonyl (C=O) groups is 1. The zero-order chi connectivity index (χ0) is 18.2. The van der Waals surface area contributed by atoms with E-state index in [4.69, 9.17) is 9.47 Å². The van der Waals surface area contributed by atoms with E-state index in [2.05, 4.69) is 17.1 Å². The molecule has 0 saturated heterocycles. The summed E-state index contributed by atoms with van der Waals surface area (Å²) in [6, 6.07) is 9.37. The van der Waals surface area contributed by atoms with Gasteiger partial charge >= 0.3 is 0 Å². The third kappa shape index (κ3) is 3.18. The summed E-state index contributed by atoms with van der Waals surface area (Å²) in [5.74, 6) is 3.21. The van der Waals surface area contributed by atoms with Crippen molar-refractivity contribution < 1.29 is 14.3 Å². The predicted molar refractivity (Wildman–Crippen MR) is 100 cm³/mol. The van der Waals surface area contributed by atoms with Gasteiger partial charge in [0, 0.05) is 31.0 Å². The number of aromatic nitrogens is 1. The lowest BCUT2D eigenvalue weighted by atomic mass is 9.92. The third-order valence-electron chi connectivity index (χ3n) is 5.87. The molecule has 0 N–H and O–H groups in total. The Morgan fingerprint density at radius 1 is 1.15 bits per heavy atom. The van der Waals surface area contributed by atoms with Crippen LogP contribution in [0.3, 0.4) is 0 Å². The molecular weight excluding hydrogens is 340 g/mol. The molecular formula is C22H22N2O3. The van der Waals surface area contributed by atoms with Crippen molar-refractivity contribution >= 4 is 5.91 Å². The Morgan fingerprint density at radius 3 is 2.85 bits per heavy atom. The number of allylic oxidation sites excluding steroid dienone is 2. The molecule has 1 fully saturated rings. The van der Waals surface area contributed by atoms with Crippen molar-refractivity contribution in [3.63, 3.8) is 0 Å². The van der Waals surface area contributed by atoms with Crippen LogP contribution in [-0.4, -0.2) is 29.1 Å². The van der Waals surface area contributed by atoms with E-state index in [1.807, 2.05) is 35.4 Å². The molecule has 2 aromatic rings. The second-order valence-corrected chi connectivity index (χ2v) is 7.66. The number of benzene rings is 1. The molecule has 2 heterocycles. The lowest BCUT2D eigenvalue weighted by molar-refractivity contribution is 0.0704. The van der Waals surface area contributed by atoms with E-state index in [0.717, 1.165) is 12.1 Å². The van der Waals surface area contributed by atoms with Crippen molar-refractivity contribution in [1.82, 2.24) is 9.88 Å². The molecule has 3 atom stereocenters. The molecule has 1 saturated carbocycles. The Morgan fingerprint density at radius 2 is 2.07 bits per heavy atom. The van der Waals surface area contributed by atoms with E-state index in [1.165, 1.54) is 12.8 Å². The van der Waals surface area contributed by atoms with Crippen LogP contribution < -0.4 is 9.47 Å². The maximum atomic E-state index is 13.3. The highest BCUT2D eigenvalue weighted by atomic mass is 16.7. The summed E-state index contributed by atoms with van der Waals surface area (Å²) in [5, 5.41) is 0. The van der Waals surface area contributed by atoms with Crippen LogP contribution in [0.25, 0.3) is 0 Å². The van der Waals surface area contributed by atoms with E-state index in [-0.39, 0.29) is 12.7 Å². The molecule has 1 aliphatic heterocycles. The average Bonchev–Trinajstić information content (AvgIpc) is 3.44. The fourth-order valence-corrected chi connectivity index (χ4v) is 4.53. The van der Waals surface area contributed by atoms with Gasteiger partial charge in [-0.3, -0.25) is 9.78 Å². The number of fused-ring (bicyclic) bond motifs is 3. The molecule has 1 aromatic heterocycles. The highest BCUT2D eigenvalue weighted by Crippen LogP contribution is 2.44. The Hall–Kier alpha value is -2.82. The summed E-state index contributed by atoms with van der Waals surface area (Å²) in [4.78, 5) is 19.5. The SMILES string of the molecule is O=C(c1ccc2c(c1)OCO2)N(Cc1cccnc1)C[C@@H]1C[C@H]2C=C[C@H]1C2. The molecule has 138 valence electrons. The summed E-state index contributed by atoms with van der Waals surface area (Å²) in [6.07, 6.45) is 10.7. The summed E-state index contributed by atoms with van der Waals surface area (Å²) >= 11 is 0. The van der Waals surface area contributed by atoms with Crippen molar-refractivity contribution in [2.45, 2.75) is 19.4 Å². The van der Waals surface area contributed by atoms with Gasteiger partial charge in [0.15, 0.2) is 11.5 Å². The maximum Gasteiger partial charge on any atom is 0.254 e. The summed E-state index contributed by atoms with van der Waals surface area (Å²) in [5.41, 5.74) is 1.69. The second kappa shape index (κ2) is 6.72. The van der Waals surface area contributed by atoms with Gasteiger partial charge < -0.3 is 14.4 Å². The Kier molecular flexibility index (Phi) is 4.07. The first-order valence-corrected chi connectivity index (χ1v) is 9.52. The quantitative estimate of drug-likeness (QED) is 0.762. The van der Waals surface area contributed by atoms with Crippen LogP contribution in [0.1, 0.15) is 28.8 Å². The summed E-state index contributed by atoms with van der Waals surface area (Å²) in [7, 11) is 0. The number of hydrogen-bond donors (Lipinski definition) is 0. The minimum Gasteiger partial charge on any atom is -0.454 e. The lowest BCUT2D eigenvalue weighted by Crippen LogP contribution is -2.36. The van der Waals surface area contributed by atoms with Gasteiger partial charge in [-0.15, -0.1) is 0 Å². The first-order chi connectivity index (χ1) is 13.3. The summed E-state index contributed by atoms with van der Waals surface area (Å²) < 4.78 is 10.8. The van der Waals surface area contributed by atoms with Gasteiger partial charge in [-0.25, -0.2) is 0 Å². The number of carbonyl (C=O) groups excluding carboxylic acids is 1. The van der Waals surface area contributed by atoms with Gasteiger partial charge in [0.2, 0.25) is 6.79 Å². The number of pyridine rings is 1. The fourth-order valence-electron chi connectivity index (χ4n) is 4.53. The normalized spacial score (nSPS) is 24.4. The van der Waals surface area contributed by atoms with E-state index in [9.17, 15) is 4.79 Å². The number of amides is 1. The van der Waals surface area contributed by atoms with Crippen LogP contribution >= 0.6 is 0 Å². The highest BCUT2D eigenvalue weighted by molar-refractivity contribution is 5.95. The smallest absolute Gasteiger partial charge is 0.254 e. The van der Waals surface area contributed by atoms with E-state index in [1.54, 1.807) is 12.3 Å². The molecule has 27 heavy (non-hydrogen) atoms. The van der Waals surface area contributed by atoms with Crippen molar-refractivity contribution in [2.75, 3.05) is 13.3 Å². The van der Waals surface area contributed by atoms with Gasteiger partial charge in [-0.2, -0.15) is 0 Å². The minimum absolute atomic E-state index is 0.0314. The largest absolute Gasteiger partial charge is 0.454 e. The van der Waals surface area contributed by atoms with Crippen LogP contribution in [0, 0.1) is 17.8 Å². The zero-order valence-electron chi connectivity index (χ0n) is 15.1. The molecule has 1 aromatic carbocycles. The fraction of sp³-hybridized carbons (Fsp3) is 0.364. The first-order valence-electron chi connectivity index (χ1n) is 9.52. The van der Waals surface area contributed by atoms with Crippen molar-refractivity contribution in [3.8, 4) is 11.5 Å². The van der Waals surface area contributed by atoms with Crippen molar-refractivity contribution in [2.24, 2.45) is 17.8 Å². The van der Waals surface area contributed by atoms with Crippen molar-refractivity contribution in [3.05, 3.63) is 66.0 Å². The minimum atomic E-state index is 0.0314.